The molecule has 0 saturated carbocycles. The van der Waals surface area contributed by atoms with Gasteiger partial charge in [-0.25, -0.2) is 9.67 Å². The van der Waals surface area contributed by atoms with E-state index in [0.717, 1.165) is 87.6 Å². The van der Waals surface area contributed by atoms with Crippen molar-refractivity contribution in [1.82, 2.24) is 25.3 Å². The van der Waals surface area contributed by atoms with Crippen LogP contribution in [0.3, 0.4) is 0 Å². The second-order valence-electron chi connectivity index (χ2n) is 7.21. The van der Waals surface area contributed by atoms with Gasteiger partial charge in [-0.1, -0.05) is 6.92 Å². The predicted octanol–water partition coefficient (Wildman–Crippen LogP) is 1.19. The largest absolute Gasteiger partial charge is 0.481 e. The van der Waals surface area contributed by atoms with Gasteiger partial charge in [0.2, 0.25) is 5.88 Å². The molecule has 0 amide bonds. The van der Waals surface area contributed by atoms with Crippen LogP contribution in [0.5, 0.6) is 5.88 Å². The third-order valence-corrected chi connectivity index (χ3v) is 5.16. The lowest BCUT2D eigenvalue weighted by Crippen LogP contribution is -2.44. The Balaban J connectivity index is 1.61. The average Bonchev–Trinajstić information content (AvgIpc) is 3.39. The highest BCUT2D eigenvalue weighted by molar-refractivity contribution is 5.79. The summed E-state index contributed by atoms with van der Waals surface area (Å²) in [5.41, 5.74) is 2.05. The zero-order valence-corrected chi connectivity index (χ0v) is 18.3. The number of methoxy groups -OCH3 is 1. The number of hydrogen-bond acceptors (Lipinski definition) is 6. The number of guanidine groups is 1. The van der Waals surface area contributed by atoms with Crippen LogP contribution >= 0.6 is 0 Å². The van der Waals surface area contributed by atoms with Gasteiger partial charge < -0.3 is 24.5 Å². The molecule has 2 aromatic heterocycles. The number of aryl methyl sites for hydroxylation is 2. The van der Waals surface area contributed by atoms with Crippen LogP contribution in [0.15, 0.2) is 27.8 Å². The predicted molar refractivity (Wildman–Crippen MR) is 116 cm³/mol. The van der Waals surface area contributed by atoms with E-state index < -0.39 is 0 Å². The van der Waals surface area contributed by atoms with Crippen LogP contribution in [0.1, 0.15) is 23.9 Å². The second-order valence-corrected chi connectivity index (χ2v) is 7.21. The molecule has 2 aromatic rings. The summed E-state index contributed by atoms with van der Waals surface area (Å²) in [6, 6.07) is 3.89. The molecule has 0 aliphatic carbocycles. The van der Waals surface area contributed by atoms with Gasteiger partial charge in [-0.2, -0.15) is 5.10 Å². The number of nitrogens with zero attached hydrogens (tertiary/aromatic N) is 4. The summed E-state index contributed by atoms with van der Waals surface area (Å²) in [5.74, 6) is 2.50. The van der Waals surface area contributed by atoms with E-state index in [4.69, 9.17) is 18.9 Å². The number of aromatic nitrogens is 2. The van der Waals surface area contributed by atoms with Crippen molar-refractivity contribution in [2.45, 2.75) is 26.3 Å². The first kappa shape index (κ1) is 22.2. The van der Waals surface area contributed by atoms with Gasteiger partial charge in [0.25, 0.3) is 0 Å². The van der Waals surface area contributed by atoms with Crippen LogP contribution in [0.25, 0.3) is 0 Å². The van der Waals surface area contributed by atoms with Gasteiger partial charge >= 0.3 is 0 Å². The number of nitrogens with one attached hydrogen (secondary N) is 2. The minimum absolute atomic E-state index is 0.508. The van der Waals surface area contributed by atoms with Gasteiger partial charge in [0, 0.05) is 46.2 Å². The Morgan fingerprint density at radius 3 is 2.77 bits per heavy atom. The van der Waals surface area contributed by atoms with Gasteiger partial charge in [0.05, 0.1) is 44.4 Å². The summed E-state index contributed by atoms with van der Waals surface area (Å²) in [6.07, 6.45) is 3.34. The Labute approximate surface area is 178 Å². The first-order chi connectivity index (χ1) is 14.7. The van der Waals surface area contributed by atoms with Crippen molar-refractivity contribution in [3.8, 4) is 5.88 Å². The highest BCUT2D eigenvalue weighted by Gasteiger charge is 2.16. The Kier molecular flexibility index (Phi) is 8.58. The molecule has 1 saturated heterocycles. The van der Waals surface area contributed by atoms with Gasteiger partial charge in [-0.05, 0) is 18.6 Å². The van der Waals surface area contributed by atoms with E-state index in [9.17, 15) is 0 Å². The molecule has 166 valence electrons. The molecule has 9 nitrogen and oxygen atoms in total. The van der Waals surface area contributed by atoms with Gasteiger partial charge in [-0.3, -0.25) is 4.90 Å². The summed E-state index contributed by atoms with van der Waals surface area (Å²) in [7, 11) is 3.57. The van der Waals surface area contributed by atoms with Crippen LogP contribution < -0.4 is 15.4 Å². The van der Waals surface area contributed by atoms with Crippen LogP contribution in [-0.4, -0.2) is 73.7 Å². The van der Waals surface area contributed by atoms with Crippen molar-refractivity contribution < 1.29 is 13.9 Å². The lowest BCUT2D eigenvalue weighted by atomic mass is 10.2. The van der Waals surface area contributed by atoms with E-state index in [1.165, 1.54) is 0 Å². The van der Waals surface area contributed by atoms with E-state index in [1.807, 2.05) is 19.2 Å². The fourth-order valence-corrected chi connectivity index (χ4v) is 3.55. The molecule has 2 N–H and O–H groups in total. The Morgan fingerprint density at radius 1 is 1.27 bits per heavy atom. The quantitative estimate of drug-likeness (QED) is 0.443. The minimum atomic E-state index is 0.508. The van der Waals surface area contributed by atoms with E-state index in [2.05, 4.69) is 27.6 Å². The van der Waals surface area contributed by atoms with E-state index in [0.29, 0.717) is 6.54 Å². The number of rotatable bonds is 10. The van der Waals surface area contributed by atoms with Crippen molar-refractivity contribution >= 4 is 5.96 Å². The molecular formula is C21H34N6O3. The molecule has 0 spiro atoms. The first-order valence-corrected chi connectivity index (χ1v) is 10.6. The average molecular weight is 419 g/mol. The molecule has 0 radical (unpaired) electrons. The maximum atomic E-state index is 5.54. The molecule has 3 rings (SSSR count). The first-order valence-electron chi connectivity index (χ1n) is 10.6. The number of aliphatic imine (C=N–C) groups is 1. The lowest BCUT2D eigenvalue weighted by Gasteiger charge is -2.26. The molecule has 1 aliphatic heterocycles. The van der Waals surface area contributed by atoms with Crippen molar-refractivity contribution in [3.05, 3.63) is 35.4 Å². The van der Waals surface area contributed by atoms with Crippen molar-refractivity contribution in [2.24, 2.45) is 12.0 Å². The number of hydrogen-bond donors (Lipinski definition) is 2. The lowest BCUT2D eigenvalue weighted by molar-refractivity contribution is 0.0389. The second kappa shape index (κ2) is 11.6. The van der Waals surface area contributed by atoms with Gasteiger partial charge in [-0.15, -0.1) is 0 Å². The third-order valence-electron chi connectivity index (χ3n) is 5.16. The smallest absolute Gasteiger partial charge is 0.216 e. The molecule has 1 fully saturated rings. The number of furan rings is 1. The molecule has 3 heterocycles. The van der Waals surface area contributed by atoms with Crippen LogP contribution in [0, 0.1) is 0 Å². The summed E-state index contributed by atoms with van der Waals surface area (Å²) in [4.78, 5) is 7.21. The summed E-state index contributed by atoms with van der Waals surface area (Å²) in [6.45, 7) is 8.69. The van der Waals surface area contributed by atoms with E-state index in [-0.39, 0.29) is 0 Å². The van der Waals surface area contributed by atoms with Crippen molar-refractivity contribution in [1.29, 1.82) is 0 Å². The van der Waals surface area contributed by atoms with E-state index in [1.54, 1.807) is 18.1 Å². The zero-order valence-electron chi connectivity index (χ0n) is 18.3. The molecule has 30 heavy (non-hydrogen) atoms. The summed E-state index contributed by atoms with van der Waals surface area (Å²) >= 11 is 0. The maximum absolute atomic E-state index is 5.54. The molecule has 0 unspecified atom stereocenters. The number of morpholine rings is 1. The molecule has 1 aliphatic rings. The van der Waals surface area contributed by atoms with Gasteiger partial charge in [0.15, 0.2) is 5.96 Å². The monoisotopic (exact) mass is 418 g/mol. The molecule has 0 bridgehead atoms. The topological polar surface area (TPSA) is 89.1 Å². The minimum Gasteiger partial charge on any atom is -0.481 e. The van der Waals surface area contributed by atoms with Crippen LogP contribution in [-0.2, 0) is 31.2 Å². The Morgan fingerprint density at radius 2 is 2.07 bits per heavy atom. The Bertz CT molecular complexity index is 781. The van der Waals surface area contributed by atoms with E-state index >= 15 is 0 Å². The van der Waals surface area contributed by atoms with Crippen molar-refractivity contribution in [3.63, 3.8) is 0 Å². The van der Waals surface area contributed by atoms with Gasteiger partial charge in [0.1, 0.15) is 5.76 Å². The molecule has 0 atom stereocenters. The maximum Gasteiger partial charge on any atom is 0.216 e. The summed E-state index contributed by atoms with van der Waals surface area (Å²) < 4.78 is 18.2. The zero-order chi connectivity index (χ0) is 21.2. The SMILES string of the molecule is CCc1nn(C)c(OC)c1CN=C(NCCc1ccco1)NCCN1CCOCC1. The fraction of sp³-hybridized carbons (Fsp3) is 0.619. The Hall–Kier alpha value is -2.52. The van der Waals surface area contributed by atoms with Crippen molar-refractivity contribution in [2.75, 3.05) is 53.0 Å². The number of ether oxygens (including phenoxy) is 2. The molecule has 0 aromatic carbocycles. The summed E-state index contributed by atoms with van der Waals surface area (Å²) in [5, 5.41) is 11.4. The highest BCUT2D eigenvalue weighted by atomic mass is 16.5. The normalized spacial score (nSPS) is 15.4. The standard InChI is InChI=1S/C21H34N6O3/c1-4-19-18(20(28-3)26(2)25-19)16-24-21(22-8-7-17-6-5-13-30-17)23-9-10-27-11-14-29-15-12-27/h5-6,13H,4,7-12,14-16H2,1-3H3,(H2,22,23,24). The van der Waals surface area contributed by atoms with Crippen LogP contribution in [0.4, 0.5) is 0 Å². The third kappa shape index (κ3) is 6.24. The highest BCUT2D eigenvalue weighted by Crippen LogP contribution is 2.22. The van der Waals surface area contributed by atoms with Crippen LogP contribution in [0.2, 0.25) is 0 Å². The molecule has 9 heteroatoms. The molecular weight excluding hydrogens is 384 g/mol. The fourth-order valence-electron chi connectivity index (χ4n) is 3.55.